The van der Waals surface area contributed by atoms with Gasteiger partial charge in [-0.15, -0.1) is 0 Å². The second-order valence-corrected chi connectivity index (χ2v) is 5.81. The molecule has 0 aliphatic carbocycles. The van der Waals surface area contributed by atoms with Crippen molar-refractivity contribution in [3.63, 3.8) is 0 Å². The number of ether oxygens (including phenoxy) is 2. The first kappa shape index (κ1) is 16.4. The van der Waals surface area contributed by atoms with Crippen LogP contribution in [-0.4, -0.2) is 36.2 Å². The highest BCUT2D eigenvalue weighted by Crippen LogP contribution is 2.38. The normalized spacial score (nSPS) is 14.5. The summed E-state index contributed by atoms with van der Waals surface area (Å²) >= 11 is 6.11. The quantitative estimate of drug-likeness (QED) is 0.862. The lowest BCUT2D eigenvalue weighted by atomic mass is 10.0. The van der Waals surface area contributed by atoms with Gasteiger partial charge in [0.2, 0.25) is 5.91 Å². The standard InChI is InChI=1S/C15H18ClNO5/c1-8(2)13(15(19)20)17-12(18)7-9-5-10(16)14-11(6-9)21-3-4-22-14/h5-6,8,13H,3-4,7H2,1-2H3,(H,17,18)(H,19,20)/t13-/m0/s1. The van der Waals surface area contributed by atoms with Crippen molar-refractivity contribution in [3.8, 4) is 11.5 Å². The van der Waals surface area contributed by atoms with Gasteiger partial charge in [-0.05, 0) is 23.6 Å². The molecule has 0 bridgehead atoms. The van der Waals surface area contributed by atoms with Crippen molar-refractivity contribution < 1.29 is 24.2 Å². The SMILES string of the molecule is CC(C)[C@H](NC(=O)Cc1cc(Cl)c2c(c1)OCCO2)C(=O)O. The number of carboxylic acid groups (broad SMARTS) is 1. The number of carbonyl (C=O) groups is 2. The molecule has 1 amide bonds. The first-order valence-corrected chi connectivity index (χ1v) is 7.36. The molecule has 120 valence electrons. The molecule has 0 aromatic heterocycles. The smallest absolute Gasteiger partial charge is 0.326 e. The van der Waals surface area contributed by atoms with E-state index in [0.717, 1.165) is 0 Å². The van der Waals surface area contributed by atoms with Gasteiger partial charge in [0.25, 0.3) is 0 Å². The fourth-order valence-electron chi connectivity index (χ4n) is 2.19. The molecule has 0 fully saturated rings. The van der Waals surface area contributed by atoms with Gasteiger partial charge in [0.05, 0.1) is 11.4 Å². The number of aliphatic carboxylic acids is 1. The minimum Gasteiger partial charge on any atom is -0.486 e. The van der Waals surface area contributed by atoms with Crippen LogP contribution >= 0.6 is 11.6 Å². The topological polar surface area (TPSA) is 84.9 Å². The van der Waals surface area contributed by atoms with Crippen LogP contribution in [0.2, 0.25) is 5.02 Å². The van der Waals surface area contributed by atoms with E-state index in [4.69, 9.17) is 26.2 Å². The van der Waals surface area contributed by atoms with Crippen molar-refractivity contribution in [3.05, 3.63) is 22.7 Å². The van der Waals surface area contributed by atoms with E-state index in [9.17, 15) is 9.59 Å². The first-order chi connectivity index (χ1) is 10.4. The zero-order chi connectivity index (χ0) is 16.3. The third-order valence-electron chi connectivity index (χ3n) is 3.27. The van der Waals surface area contributed by atoms with Gasteiger partial charge in [0, 0.05) is 0 Å². The van der Waals surface area contributed by atoms with E-state index in [1.165, 1.54) is 0 Å². The molecule has 7 heteroatoms. The van der Waals surface area contributed by atoms with E-state index in [0.29, 0.717) is 35.3 Å². The highest BCUT2D eigenvalue weighted by atomic mass is 35.5. The van der Waals surface area contributed by atoms with Gasteiger partial charge in [-0.2, -0.15) is 0 Å². The van der Waals surface area contributed by atoms with Crippen LogP contribution in [0.15, 0.2) is 12.1 Å². The lowest BCUT2D eigenvalue weighted by Gasteiger charge is -2.21. The predicted octanol–water partition coefficient (Wildman–Crippen LogP) is 1.88. The minimum atomic E-state index is -1.05. The van der Waals surface area contributed by atoms with Crippen molar-refractivity contribution in [1.29, 1.82) is 0 Å². The van der Waals surface area contributed by atoms with Crippen LogP contribution in [0.5, 0.6) is 11.5 Å². The van der Waals surface area contributed by atoms with Gasteiger partial charge in [-0.1, -0.05) is 25.4 Å². The summed E-state index contributed by atoms with van der Waals surface area (Å²) in [6.07, 6.45) is 0.0207. The molecule has 2 rings (SSSR count). The van der Waals surface area contributed by atoms with Crippen LogP contribution in [-0.2, 0) is 16.0 Å². The second-order valence-electron chi connectivity index (χ2n) is 5.41. The summed E-state index contributed by atoms with van der Waals surface area (Å²) in [6.45, 7) is 4.33. The molecule has 6 nitrogen and oxygen atoms in total. The average Bonchev–Trinajstić information content (AvgIpc) is 2.44. The Morgan fingerprint density at radius 3 is 2.64 bits per heavy atom. The maximum Gasteiger partial charge on any atom is 0.326 e. The van der Waals surface area contributed by atoms with E-state index in [2.05, 4.69) is 5.32 Å². The van der Waals surface area contributed by atoms with Crippen molar-refractivity contribution in [2.75, 3.05) is 13.2 Å². The van der Waals surface area contributed by atoms with Crippen LogP contribution in [0.1, 0.15) is 19.4 Å². The Morgan fingerprint density at radius 2 is 2.00 bits per heavy atom. The monoisotopic (exact) mass is 327 g/mol. The fourth-order valence-corrected chi connectivity index (χ4v) is 2.48. The summed E-state index contributed by atoms with van der Waals surface area (Å²) < 4.78 is 10.9. The maximum atomic E-state index is 12.0. The molecule has 2 N–H and O–H groups in total. The van der Waals surface area contributed by atoms with Gasteiger partial charge in [0.15, 0.2) is 11.5 Å². The molecule has 1 heterocycles. The molecule has 0 saturated carbocycles. The summed E-state index contributed by atoms with van der Waals surface area (Å²) in [5.41, 5.74) is 0.639. The summed E-state index contributed by atoms with van der Waals surface area (Å²) in [7, 11) is 0. The van der Waals surface area contributed by atoms with E-state index in [1.807, 2.05) is 0 Å². The molecule has 22 heavy (non-hydrogen) atoms. The zero-order valence-corrected chi connectivity index (χ0v) is 13.1. The summed E-state index contributed by atoms with van der Waals surface area (Å²) in [6, 6.07) is 2.39. The number of carboxylic acids is 1. The Morgan fingerprint density at radius 1 is 1.32 bits per heavy atom. The van der Waals surface area contributed by atoms with Crippen LogP contribution in [0, 0.1) is 5.92 Å². The maximum absolute atomic E-state index is 12.0. The number of carbonyl (C=O) groups excluding carboxylic acids is 1. The zero-order valence-electron chi connectivity index (χ0n) is 12.4. The number of nitrogens with one attached hydrogen (secondary N) is 1. The van der Waals surface area contributed by atoms with Crippen LogP contribution in [0.25, 0.3) is 0 Å². The highest BCUT2D eigenvalue weighted by Gasteiger charge is 2.24. The lowest BCUT2D eigenvalue weighted by Crippen LogP contribution is -2.44. The van der Waals surface area contributed by atoms with Crippen LogP contribution in [0.4, 0.5) is 0 Å². The molecule has 1 aromatic rings. The Labute approximate surface area is 133 Å². The molecule has 1 aliphatic heterocycles. The number of rotatable bonds is 5. The van der Waals surface area contributed by atoms with E-state index < -0.39 is 12.0 Å². The largest absolute Gasteiger partial charge is 0.486 e. The number of benzene rings is 1. The van der Waals surface area contributed by atoms with Gasteiger partial charge < -0.3 is 19.9 Å². The summed E-state index contributed by atoms with van der Waals surface area (Å²) in [4.78, 5) is 23.1. The number of amides is 1. The van der Waals surface area contributed by atoms with Gasteiger partial charge in [-0.25, -0.2) is 4.79 Å². The highest BCUT2D eigenvalue weighted by molar-refractivity contribution is 6.32. The number of halogens is 1. The molecule has 1 aromatic carbocycles. The molecule has 0 spiro atoms. The number of hydrogen-bond donors (Lipinski definition) is 2. The fraction of sp³-hybridized carbons (Fsp3) is 0.467. The molecule has 0 saturated heterocycles. The van der Waals surface area contributed by atoms with Crippen LogP contribution in [0.3, 0.4) is 0 Å². The molecule has 0 unspecified atom stereocenters. The van der Waals surface area contributed by atoms with Crippen molar-refractivity contribution in [2.24, 2.45) is 5.92 Å². The van der Waals surface area contributed by atoms with E-state index in [-0.39, 0.29) is 18.2 Å². The Hall–Kier alpha value is -1.95. The van der Waals surface area contributed by atoms with Crippen molar-refractivity contribution in [1.82, 2.24) is 5.32 Å². The van der Waals surface area contributed by atoms with E-state index >= 15 is 0 Å². The Balaban J connectivity index is 2.08. The third kappa shape index (κ3) is 3.82. The van der Waals surface area contributed by atoms with E-state index in [1.54, 1.807) is 26.0 Å². The van der Waals surface area contributed by atoms with Gasteiger partial charge >= 0.3 is 5.97 Å². The van der Waals surface area contributed by atoms with Crippen molar-refractivity contribution in [2.45, 2.75) is 26.3 Å². The average molecular weight is 328 g/mol. The third-order valence-corrected chi connectivity index (χ3v) is 3.55. The Bertz CT molecular complexity index is 588. The second kappa shape index (κ2) is 6.87. The molecule has 1 atom stereocenters. The molecule has 1 aliphatic rings. The summed E-state index contributed by atoms with van der Waals surface area (Å²) in [5.74, 6) is -0.662. The van der Waals surface area contributed by atoms with Crippen LogP contribution < -0.4 is 14.8 Å². The minimum absolute atomic E-state index is 0.0207. The number of hydrogen-bond acceptors (Lipinski definition) is 4. The molecular weight excluding hydrogens is 310 g/mol. The summed E-state index contributed by atoms with van der Waals surface area (Å²) in [5, 5.41) is 12.0. The lowest BCUT2D eigenvalue weighted by molar-refractivity contribution is -0.143. The first-order valence-electron chi connectivity index (χ1n) is 6.98. The predicted molar refractivity (Wildman–Crippen MR) is 80.6 cm³/mol. The van der Waals surface area contributed by atoms with Crippen molar-refractivity contribution >= 4 is 23.5 Å². The van der Waals surface area contributed by atoms with Gasteiger partial charge in [0.1, 0.15) is 19.3 Å². The molecular formula is C15H18ClNO5. The molecule has 0 radical (unpaired) electrons. The van der Waals surface area contributed by atoms with Gasteiger partial charge in [-0.3, -0.25) is 4.79 Å². The number of fused-ring (bicyclic) bond motifs is 1. The Kier molecular flexibility index (Phi) is 5.13.